The number of unbranched alkanes of at least 4 members (excludes halogenated alkanes) is 1. The second-order valence-electron chi connectivity index (χ2n) is 3.82. The van der Waals surface area contributed by atoms with Gasteiger partial charge in [0.2, 0.25) is 0 Å². The van der Waals surface area contributed by atoms with E-state index < -0.39 is 11.5 Å². The first-order valence-electron chi connectivity index (χ1n) is 5.83. The van der Waals surface area contributed by atoms with Gasteiger partial charge >= 0.3 is 0 Å². The second kappa shape index (κ2) is 6.26. The molecule has 0 aromatic heterocycles. The van der Waals surface area contributed by atoms with Crippen molar-refractivity contribution in [1.82, 2.24) is 0 Å². The highest BCUT2D eigenvalue weighted by molar-refractivity contribution is 5.51. The highest BCUT2D eigenvalue weighted by Gasteiger charge is 2.04. The molecule has 0 spiro atoms. The normalized spacial score (nSPS) is 10.4. The van der Waals surface area contributed by atoms with E-state index in [2.05, 4.69) is 6.92 Å². The largest absolute Gasteiger partial charge is 0.873 e. The van der Waals surface area contributed by atoms with Gasteiger partial charge in [-0.1, -0.05) is 26.3 Å². The molecule has 1 rings (SSSR count). The smallest absolute Gasteiger partial charge is 0.121 e. The van der Waals surface area contributed by atoms with E-state index in [1.165, 1.54) is 6.07 Å². The van der Waals surface area contributed by atoms with E-state index >= 15 is 0 Å². The SMILES string of the molecule is CCCCc1c(OCCC)ccc([O-])c1[O-]. The topological polar surface area (TPSA) is 55.3 Å². The average Bonchev–Trinajstić information content (AvgIpc) is 2.29. The molecule has 0 fully saturated rings. The summed E-state index contributed by atoms with van der Waals surface area (Å²) in [6.07, 6.45) is 3.42. The zero-order valence-corrected chi connectivity index (χ0v) is 9.91. The van der Waals surface area contributed by atoms with Crippen molar-refractivity contribution in [3.63, 3.8) is 0 Å². The van der Waals surface area contributed by atoms with Gasteiger partial charge in [-0.05, 0) is 30.9 Å². The maximum atomic E-state index is 11.7. The lowest BCUT2D eigenvalue weighted by molar-refractivity contribution is -0.318. The third kappa shape index (κ3) is 3.05. The maximum Gasteiger partial charge on any atom is 0.121 e. The molecule has 0 saturated carbocycles. The van der Waals surface area contributed by atoms with Crippen molar-refractivity contribution in [3.05, 3.63) is 17.7 Å². The fraction of sp³-hybridized carbons (Fsp3) is 0.538. The van der Waals surface area contributed by atoms with Crippen LogP contribution in [0.4, 0.5) is 0 Å². The van der Waals surface area contributed by atoms with Crippen molar-refractivity contribution < 1.29 is 14.9 Å². The highest BCUT2D eigenvalue weighted by Crippen LogP contribution is 2.33. The monoisotopic (exact) mass is 222 g/mol. The van der Waals surface area contributed by atoms with Crippen LogP contribution in [0.2, 0.25) is 0 Å². The Morgan fingerprint density at radius 1 is 1.12 bits per heavy atom. The van der Waals surface area contributed by atoms with Crippen LogP contribution >= 0.6 is 0 Å². The Morgan fingerprint density at radius 2 is 1.88 bits per heavy atom. The second-order valence-corrected chi connectivity index (χ2v) is 3.82. The lowest BCUT2D eigenvalue weighted by Crippen LogP contribution is -2.07. The molecule has 1 aromatic rings. The molecule has 0 saturated heterocycles. The summed E-state index contributed by atoms with van der Waals surface area (Å²) in [5.41, 5.74) is 0.544. The van der Waals surface area contributed by atoms with E-state index in [-0.39, 0.29) is 0 Å². The molecule has 90 valence electrons. The van der Waals surface area contributed by atoms with Crippen LogP contribution in [0.3, 0.4) is 0 Å². The van der Waals surface area contributed by atoms with Crippen molar-refractivity contribution in [2.75, 3.05) is 6.61 Å². The lowest BCUT2D eigenvalue weighted by Gasteiger charge is -2.24. The minimum atomic E-state index is -0.435. The van der Waals surface area contributed by atoms with Crippen LogP contribution in [-0.2, 0) is 6.42 Å². The van der Waals surface area contributed by atoms with E-state index in [1.807, 2.05) is 6.92 Å². The summed E-state index contributed by atoms with van der Waals surface area (Å²) in [5, 5.41) is 22.9. The van der Waals surface area contributed by atoms with Gasteiger partial charge in [0.15, 0.2) is 0 Å². The van der Waals surface area contributed by atoms with Gasteiger partial charge in [-0.25, -0.2) is 0 Å². The molecule has 0 N–H and O–H groups in total. The van der Waals surface area contributed by atoms with E-state index in [0.717, 1.165) is 19.3 Å². The Labute approximate surface area is 96.7 Å². The first-order chi connectivity index (χ1) is 7.70. The van der Waals surface area contributed by atoms with Crippen LogP contribution < -0.4 is 14.9 Å². The van der Waals surface area contributed by atoms with Crippen LogP contribution in [0.5, 0.6) is 17.2 Å². The van der Waals surface area contributed by atoms with Gasteiger partial charge in [-0.2, -0.15) is 0 Å². The predicted octanol–water partition coefficient (Wildman–Crippen LogP) is 1.97. The summed E-state index contributed by atoms with van der Waals surface area (Å²) in [6, 6.07) is 2.91. The van der Waals surface area contributed by atoms with Crippen molar-refractivity contribution in [2.24, 2.45) is 0 Å². The first kappa shape index (κ1) is 12.7. The molecule has 1 aromatic carbocycles. The molecule has 3 heteroatoms. The van der Waals surface area contributed by atoms with E-state index in [0.29, 0.717) is 24.3 Å². The molecule has 3 nitrogen and oxygen atoms in total. The van der Waals surface area contributed by atoms with Crippen LogP contribution in [0, 0.1) is 0 Å². The Kier molecular flexibility index (Phi) is 4.96. The summed E-state index contributed by atoms with van der Waals surface area (Å²) in [6.45, 7) is 4.64. The fourth-order valence-corrected chi connectivity index (χ4v) is 1.53. The summed E-state index contributed by atoms with van der Waals surface area (Å²) in [7, 11) is 0. The molecule has 0 aliphatic heterocycles. The molecule has 0 aliphatic carbocycles. The number of hydrogen-bond donors (Lipinski definition) is 0. The molecule has 0 bridgehead atoms. The molecule has 0 atom stereocenters. The summed E-state index contributed by atoms with van der Waals surface area (Å²) < 4.78 is 5.48. The van der Waals surface area contributed by atoms with Gasteiger partial charge in [0.25, 0.3) is 0 Å². The molecular weight excluding hydrogens is 204 g/mol. The standard InChI is InChI=1S/C13H20O3/c1-3-5-6-10-12(16-9-4-2)8-7-11(14)13(10)15/h7-8,14-15H,3-6,9H2,1-2H3/p-2. The van der Waals surface area contributed by atoms with Gasteiger partial charge in [-0.3, -0.25) is 0 Å². The molecule has 0 radical (unpaired) electrons. The number of ether oxygens (including phenoxy) is 1. The summed E-state index contributed by atoms with van der Waals surface area (Å²) in [5.74, 6) is -0.253. The minimum absolute atomic E-state index is 0.401. The van der Waals surface area contributed by atoms with Crippen LogP contribution in [0.15, 0.2) is 12.1 Å². The maximum absolute atomic E-state index is 11.7. The van der Waals surface area contributed by atoms with Crippen molar-refractivity contribution in [1.29, 1.82) is 0 Å². The van der Waals surface area contributed by atoms with Crippen LogP contribution in [0.1, 0.15) is 38.7 Å². The average molecular weight is 222 g/mol. The fourth-order valence-electron chi connectivity index (χ4n) is 1.53. The van der Waals surface area contributed by atoms with Gasteiger partial charge < -0.3 is 14.9 Å². The van der Waals surface area contributed by atoms with Crippen LogP contribution in [-0.4, -0.2) is 6.61 Å². The third-order valence-electron chi connectivity index (χ3n) is 2.42. The molecule has 0 unspecified atom stereocenters. The molecule has 0 amide bonds. The van der Waals surface area contributed by atoms with Crippen LogP contribution in [0.25, 0.3) is 0 Å². The molecule has 0 aliphatic rings. The summed E-state index contributed by atoms with van der Waals surface area (Å²) >= 11 is 0. The van der Waals surface area contributed by atoms with E-state index in [4.69, 9.17) is 4.74 Å². The Hall–Kier alpha value is -1.38. The van der Waals surface area contributed by atoms with Gasteiger partial charge in [0.1, 0.15) is 5.75 Å². The van der Waals surface area contributed by atoms with Crippen molar-refractivity contribution >= 4 is 0 Å². The Balaban J connectivity index is 2.91. The Bertz CT molecular complexity index is 334. The van der Waals surface area contributed by atoms with Gasteiger partial charge in [0, 0.05) is 0 Å². The van der Waals surface area contributed by atoms with Gasteiger partial charge in [0.05, 0.1) is 6.61 Å². The number of rotatable bonds is 6. The predicted molar refractivity (Wildman–Crippen MR) is 59.7 cm³/mol. The molecule has 16 heavy (non-hydrogen) atoms. The first-order valence-corrected chi connectivity index (χ1v) is 5.83. The van der Waals surface area contributed by atoms with Crippen molar-refractivity contribution in [3.8, 4) is 17.2 Å². The van der Waals surface area contributed by atoms with E-state index in [9.17, 15) is 10.2 Å². The third-order valence-corrected chi connectivity index (χ3v) is 2.42. The van der Waals surface area contributed by atoms with E-state index in [1.54, 1.807) is 6.07 Å². The molecular formula is C13H18O3-2. The zero-order chi connectivity index (χ0) is 12.0. The minimum Gasteiger partial charge on any atom is -0.873 e. The Morgan fingerprint density at radius 3 is 2.50 bits per heavy atom. The van der Waals surface area contributed by atoms with Gasteiger partial charge in [-0.15, -0.1) is 11.5 Å². The summed E-state index contributed by atoms with van der Waals surface area (Å²) in [4.78, 5) is 0. The lowest BCUT2D eigenvalue weighted by atomic mass is 10.1. The highest BCUT2D eigenvalue weighted by atomic mass is 16.5. The zero-order valence-electron chi connectivity index (χ0n) is 9.91. The molecule has 0 heterocycles. The van der Waals surface area contributed by atoms with Crippen molar-refractivity contribution in [2.45, 2.75) is 39.5 Å². The number of benzene rings is 1. The number of hydrogen-bond acceptors (Lipinski definition) is 3. The quantitative estimate of drug-likeness (QED) is 0.739.